The van der Waals surface area contributed by atoms with Crippen molar-refractivity contribution in [2.45, 2.75) is 27.3 Å². The molecular formula is C19H25N3O. The Labute approximate surface area is 138 Å². The Morgan fingerprint density at radius 3 is 2.52 bits per heavy atom. The molecule has 0 aromatic heterocycles. The monoisotopic (exact) mass is 311 g/mol. The number of hydrogen-bond acceptors (Lipinski definition) is 2. The van der Waals surface area contributed by atoms with Crippen molar-refractivity contribution in [1.82, 2.24) is 0 Å². The molecule has 0 bridgehead atoms. The number of nitrogens with one attached hydrogen (secondary N) is 1. The largest absolute Gasteiger partial charge is 0.493 e. The second-order valence-corrected chi connectivity index (χ2v) is 6.01. The highest BCUT2D eigenvalue weighted by atomic mass is 16.5. The number of anilines is 1. The van der Waals surface area contributed by atoms with Crippen LogP contribution in [0.5, 0.6) is 5.75 Å². The highest BCUT2D eigenvalue weighted by Gasteiger charge is 2.04. The number of ether oxygens (including phenoxy) is 1. The van der Waals surface area contributed by atoms with Crippen LogP contribution in [0, 0.1) is 12.8 Å². The number of rotatable bonds is 6. The van der Waals surface area contributed by atoms with Crippen molar-refractivity contribution in [3.8, 4) is 5.75 Å². The molecule has 2 aromatic rings. The molecule has 0 atom stereocenters. The van der Waals surface area contributed by atoms with E-state index in [2.05, 4.69) is 31.1 Å². The molecule has 0 heterocycles. The van der Waals surface area contributed by atoms with Crippen molar-refractivity contribution in [1.29, 1.82) is 0 Å². The van der Waals surface area contributed by atoms with Crippen LogP contribution < -0.4 is 15.8 Å². The molecule has 3 N–H and O–H groups in total. The molecule has 0 saturated carbocycles. The van der Waals surface area contributed by atoms with Crippen LogP contribution in [0.4, 0.5) is 5.69 Å². The molecule has 0 aliphatic carbocycles. The number of nitrogens with two attached hydrogens (primary N) is 1. The van der Waals surface area contributed by atoms with Crippen molar-refractivity contribution >= 4 is 11.6 Å². The Hall–Kier alpha value is -2.49. The minimum Gasteiger partial charge on any atom is -0.493 e. The third-order valence-electron chi connectivity index (χ3n) is 3.29. The molecule has 0 radical (unpaired) electrons. The van der Waals surface area contributed by atoms with Gasteiger partial charge in [0.2, 0.25) is 0 Å². The number of para-hydroxylation sites is 1. The van der Waals surface area contributed by atoms with Crippen LogP contribution in [0.2, 0.25) is 0 Å². The van der Waals surface area contributed by atoms with Crippen LogP contribution in [-0.4, -0.2) is 12.6 Å². The molecule has 0 unspecified atom stereocenters. The Bertz CT molecular complexity index is 648. The van der Waals surface area contributed by atoms with E-state index in [9.17, 15) is 0 Å². The zero-order valence-corrected chi connectivity index (χ0v) is 14.0. The average Bonchev–Trinajstić information content (AvgIpc) is 2.54. The van der Waals surface area contributed by atoms with Gasteiger partial charge in [-0.15, -0.1) is 0 Å². The molecule has 0 aliphatic heterocycles. The van der Waals surface area contributed by atoms with Crippen LogP contribution in [-0.2, 0) is 6.54 Å². The van der Waals surface area contributed by atoms with Crippen LogP contribution in [0.15, 0.2) is 53.5 Å². The summed E-state index contributed by atoms with van der Waals surface area (Å²) in [7, 11) is 0. The van der Waals surface area contributed by atoms with E-state index in [4.69, 9.17) is 10.5 Å². The SMILES string of the molecule is Cc1ccc(NC(N)=NCc2ccccc2OCC(C)C)cc1. The van der Waals surface area contributed by atoms with Crippen LogP contribution in [0.25, 0.3) is 0 Å². The van der Waals surface area contributed by atoms with E-state index in [0.717, 1.165) is 17.0 Å². The van der Waals surface area contributed by atoms with Gasteiger partial charge in [0.15, 0.2) is 5.96 Å². The van der Waals surface area contributed by atoms with E-state index in [1.165, 1.54) is 5.56 Å². The maximum absolute atomic E-state index is 5.96. The molecule has 0 amide bonds. The fourth-order valence-electron chi connectivity index (χ4n) is 2.03. The van der Waals surface area contributed by atoms with Gasteiger partial charge < -0.3 is 15.8 Å². The van der Waals surface area contributed by atoms with Crippen molar-refractivity contribution in [2.24, 2.45) is 16.6 Å². The Morgan fingerprint density at radius 2 is 1.83 bits per heavy atom. The Kier molecular flexibility index (Phi) is 6.03. The molecule has 4 nitrogen and oxygen atoms in total. The lowest BCUT2D eigenvalue weighted by molar-refractivity contribution is 0.268. The predicted octanol–water partition coefficient (Wildman–Crippen LogP) is 3.96. The first-order valence-electron chi connectivity index (χ1n) is 7.89. The zero-order chi connectivity index (χ0) is 16.7. The van der Waals surface area contributed by atoms with E-state index in [1.807, 2.05) is 48.5 Å². The summed E-state index contributed by atoms with van der Waals surface area (Å²) in [6.07, 6.45) is 0. The van der Waals surface area contributed by atoms with E-state index in [-0.39, 0.29) is 0 Å². The normalized spacial score (nSPS) is 11.6. The van der Waals surface area contributed by atoms with E-state index < -0.39 is 0 Å². The maximum atomic E-state index is 5.96. The highest BCUT2D eigenvalue weighted by molar-refractivity contribution is 5.92. The van der Waals surface area contributed by atoms with Crippen molar-refractivity contribution in [3.63, 3.8) is 0 Å². The van der Waals surface area contributed by atoms with Crippen LogP contribution in [0.1, 0.15) is 25.0 Å². The molecule has 0 spiro atoms. The molecule has 0 fully saturated rings. The lowest BCUT2D eigenvalue weighted by Gasteiger charge is -2.12. The number of benzene rings is 2. The van der Waals surface area contributed by atoms with Crippen molar-refractivity contribution in [2.75, 3.05) is 11.9 Å². The summed E-state index contributed by atoms with van der Waals surface area (Å²) in [5.74, 6) is 1.75. The number of aryl methyl sites for hydroxylation is 1. The standard InChI is InChI=1S/C19H25N3O/c1-14(2)13-23-18-7-5-4-6-16(18)12-21-19(20)22-17-10-8-15(3)9-11-17/h4-11,14H,12-13H2,1-3H3,(H3,20,21,22). The van der Waals surface area contributed by atoms with Crippen LogP contribution >= 0.6 is 0 Å². The molecule has 2 rings (SSSR count). The number of aliphatic imine (C=N–C) groups is 1. The van der Waals surface area contributed by atoms with Crippen LogP contribution in [0.3, 0.4) is 0 Å². The van der Waals surface area contributed by atoms with Gasteiger partial charge in [-0.05, 0) is 31.0 Å². The highest BCUT2D eigenvalue weighted by Crippen LogP contribution is 2.19. The van der Waals surface area contributed by atoms with E-state index in [1.54, 1.807) is 0 Å². The summed E-state index contributed by atoms with van der Waals surface area (Å²) in [4.78, 5) is 4.40. The maximum Gasteiger partial charge on any atom is 0.193 e. The van der Waals surface area contributed by atoms with Gasteiger partial charge in [-0.1, -0.05) is 49.7 Å². The fourth-order valence-corrected chi connectivity index (χ4v) is 2.03. The lowest BCUT2D eigenvalue weighted by atomic mass is 10.2. The smallest absolute Gasteiger partial charge is 0.193 e. The van der Waals surface area contributed by atoms with Crippen molar-refractivity contribution in [3.05, 3.63) is 59.7 Å². The first-order valence-corrected chi connectivity index (χ1v) is 7.89. The summed E-state index contributed by atoms with van der Waals surface area (Å²) in [6.45, 7) is 7.49. The minimum absolute atomic E-state index is 0.396. The first kappa shape index (κ1) is 16.9. The Morgan fingerprint density at radius 1 is 1.13 bits per heavy atom. The second-order valence-electron chi connectivity index (χ2n) is 6.01. The lowest BCUT2D eigenvalue weighted by Crippen LogP contribution is -2.22. The van der Waals surface area contributed by atoms with Gasteiger partial charge in [0.25, 0.3) is 0 Å². The molecule has 4 heteroatoms. The van der Waals surface area contributed by atoms with Gasteiger partial charge in [0.05, 0.1) is 13.2 Å². The zero-order valence-electron chi connectivity index (χ0n) is 14.0. The molecule has 2 aromatic carbocycles. The topological polar surface area (TPSA) is 59.6 Å². The van der Waals surface area contributed by atoms with E-state index in [0.29, 0.717) is 25.0 Å². The molecule has 23 heavy (non-hydrogen) atoms. The first-order chi connectivity index (χ1) is 11.0. The number of hydrogen-bond donors (Lipinski definition) is 2. The molecular weight excluding hydrogens is 286 g/mol. The summed E-state index contributed by atoms with van der Waals surface area (Å²) in [5.41, 5.74) is 9.13. The third kappa shape index (κ3) is 5.66. The van der Waals surface area contributed by atoms with Gasteiger partial charge in [0, 0.05) is 11.3 Å². The van der Waals surface area contributed by atoms with Gasteiger partial charge in [-0.2, -0.15) is 0 Å². The summed E-state index contributed by atoms with van der Waals surface area (Å²) >= 11 is 0. The predicted molar refractivity (Wildman–Crippen MR) is 96.9 cm³/mol. The van der Waals surface area contributed by atoms with Gasteiger partial charge in [-0.25, -0.2) is 4.99 Å². The summed E-state index contributed by atoms with van der Waals surface area (Å²) in [5, 5.41) is 3.10. The quantitative estimate of drug-likeness (QED) is 0.627. The summed E-state index contributed by atoms with van der Waals surface area (Å²) < 4.78 is 5.83. The number of guanidine groups is 1. The molecule has 122 valence electrons. The molecule has 0 saturated heterocycles. The van der Waals surface area contributed by atoms with Gasteiger partial charge in [-0.3, -0.25) is 0 Å². The van der Waals surface area contributed by atoms with E-state index >= 15 is 0 Å². The fraction of sp³-hybridized carbons (Fsp3) is 0.316. The van der Waals surface area contributed by atoms with Gasteiger partial charge >= 0.3 is 0 Å². The molecule has 0 aliphatic rings. The minimum atomic E-state index is 0.396. The summed E-state index contributed by atoms with van der Waals surface area (Å²) in [6, 6.07) is 16.0. The average molecular weight is 311 g/mol. The number of nitrogens with zero attached hydrogens (tertiary/aromatic N) is 1. The van der Waals surface area contributed by atoms with Gasteiger partial charge in [0.1, 0.15) is 5.75 Å². The second kappa shape index (κ2) is 8.22. The third-order valence-corrected chi connectivity index (χ3v) is 3.29. The Balaban J connectivity index is 1.99. The van der Waals surface area contributed by atoms with Crippen molar-refractivity contribution < 1.29 is 4.74 Å².